The number of hydrogen-bond acceptors (Lipinski definition) is 4. The number of aliphatic hydroxyl groups excluding tert-OH is 3. The summed E-state index contributed by atoms with van der Waals surface area (Å²) in [5.41, 5.74) is 5.04. The third-order valence-electron chi connectivity index (χ3n) is 7.14. The fourth-order valence-electron chi connectivity index (χ4n) is 5.30. The molecule has 4 atom stereocenters. The molecule has 2 aliphatic carbocycles. The lowest BCUT2D eigenvalue weighted by atomic mass is 9.73. The second-order valence-electron chi connectivity index (χ2n) is 9.70. The highest BCUT2D eigenvalue weighted by molar-refractivity contribution is 5.40. The van der Waals surface area contributed by atoms with E-state index in [1.54, 1.807) is 0 Å². The van der Waals surface area contributed by atoms with Crippen LogP contribution in [0.1, 0.15) is 88.7 Å². The highest BCUT2D eigenvalue weighted by Crippen LogP contribution is 2.42. The van der Waals surface area contributed by atoms with E-state index in [0.717, 1.165) is 36.3 Å². The maximum absolute atomic E-state index is 9.95. The van der Waals surface area contributed by atoms with Crippen molar-refractivity contribution in [1.82, 2.24) is 0 Å². The number of aliphatic hydroxyl groups is 3. The van der Waals surface area contributed by atoms with Crippen LogP contribution in [0.4, 0.5) is 0 Å². The van der Waals surface area contributed by atoms with Gasteiger partial charge in [-0.15, -0.1) is 0 Å². The number of ether oxygens (including phenoxy) is 1. The Kier molecular flexibility index (Phi) is 9.83. The molecule has 0 amide bonds. The first-order valence-electron chi connectivity index (χ1n) is 12.6. The van der Waals surface area contributed by atoms with E-state index in [0.29, 0.717) is 37.5 Å². The minimum Gasteiger partial charge on any atom is -0.493 e. The minimum atomic E-state index is -0.424. The maximum atomic E-state index is 9.95. The first kappa shape index (κ1) is 25.0. The van der Waals surface area contributed by atoms with Gasteiger partial charge in [-0.05, 0) is 80.4 Å². The number of benzene rings is 1. The SMILES string of the molecule is CCCCCOc1ccc([C@H]2CCC/C(=C\C=C3C[C@@H](O)C[C@H](O)C3)[C@@H]2C)cc1CCO. The lowest BCUT2D eigenvalue weighted by molar-refractivity contribution is 0.0609. The van der Waals surface area contributed by atoms with Crippen molar-refractivity contribution >= 4 is 0 Å². The Hall–Kier alpha value is -1.62. The Labute approximate surface area is 194 Å². The zero-order valence-corrected chi connectivity index (χ0v) is 19.9. The van der Waals surface area contributed by atoms with Crippen LogP contribution >= 0.6 is 0 Å². The van der Waals surface area contributed by atoms with Crippen molar-refractivity contribution in [3.63, 3.8) is 0 Å². The largest absolute Gasteiger partial charge is 0.493 e. The Bertz CT molecular complexity index is 770. The van der Waals surface area contributed by atoms with Crippen molar-refractivity contribution in [3.05, 3.63) is 52.6 Å². The predicted molar refractivity (Wildman–Crippen MR) is 130 cm³/mol. The average Bonchev–Trinajstić information content (AvgIpc) is 2.76. The van der Waals surface area contributed by atoms with Gasteiger partial charge in [-0.1, -0.05) is 62.1 Å². The highest BCUT2D eigenvalue weighted by atomic mass is 16.5. The van der Waals surface area contributed by atoms with Crippen LogP contribution in [0.5, 0.6) is 5.75 Å². The first-order valence-corrected chi connectivity index (χ1v) is 12.6. The fraction of sp³-hybridized carbons (Fsp3) is 0.643. The zero-order chi connectivity index (χ0) is 22.9. The number of unbranched alkanes of at least 4 members (excludes halogenated alkanes) is 2. The van der Waals surface area contributed by atoms with E-state index in [2.05, 4.69) is 44.2 Å². The van der Waals surface area contributed by atoms with E-state index < -0.39 is 12.2 Å². The Morgan fingerprint density at radius 1 is 1.09 bits per heavy atom. The molecule has 1 aromatic carbocycles. The van der Waals surface area contributed by atoms with E-state index in [9.17, 15) is 15.3 Å². The van der Waals surface area contributed by atoms with Crippen LogP contribution in [-0.2, 0) is 6.42 Å². The molecule has 3 N–H and O–H groups in total. The molecule has 0 bridgehead atoms. The number of rotatable bonds is 9. The summed E-state index contributed by atoms with van der Waals surface area (Å²) in [5, 5.41) is 29.5. The molecule has 178 valence electrons. The fourth-order valence-corrected chi connectivity index (χ4v) is 5.30. The Balaban J connectivity index is 1.73. The van der Waals surface area contributed by atoms with Gasteiger partial charge in [0, 0.05) is 6.61 Å². The van der Waals surface area contributed by atoms with Crippen LogP contribution < -0.4 is 4.74 Å². The summed E-state index contributed by atoms with van der Waals surface area (Å²) in [6.07, 6.45) is 12.9. The van der Waals surface area contributed by atoms with Gasteiger partial charge in [-0.3, -0.25) is 0 Å². The van der Waals surface area contributed by atoms with Crippen LogP contribution in [0.2, 0.25) is 0 Å². The molecule has 0 aliphatic heterocycles. The molecule has 0 spiro atoms. The van der Waals surface area contributed by atoms with Gasteiger partial charge in [0.2, 0.25) is 0 Å². The molecule has 4 heteroatoms. The molecule has 0 aromatic heterocycles. The normalized spacial score (nSPS) is 27.5. The quantitative estimate of drug-likeness (QED) is 0.445. The van der Waals surface area contributed by atoms with Crippen molar-refractivity contribution < 1.29 is 20.1 Å². The van der Waals surface area contributed by atoms with Gasteiger partial charge in [0.25, 0.3) is 0 Å². The molecular formula is C28H42O4. The molecule has 3 rings (SSSR count). The lowest BCUT2D eigenvalue weighted by Crippen LogP contribution is -2.24. The number of hydrogen-bond donors (Lipinski definition) is 3. The molecule has 2 fully saturated rings. The van der Waals surface area contributed by atoms with Crippen molar-refractivity contribution in [2.45, 2.75) is 96.2 Å². The van der Waals surface area contributed by atoms with E-state index in [-0.39, 0.29) is 6.61 Å². The van der Waals surface area contributed by atoms with Crippen molar-refractivity contribution in [2.24, 2.45) is 5.92 Å². The van der Waals surface area contributed by atoms with E-state index >= 15 is 0 Å². The van der Waals surface area contributed by atoms with Crippen LogP contribution in [0, 0.1) is 5.92 Å². The first-order chi connectivity index (χ1) is 15.5. The summed E-state index contributed by atoms with van der Waals surface area (Å²) in [4.78, 5) is 0. The van der Waals surface area contributed by atoms with Crippen molar-refractivity contribution in [2.75, 3.05) is 13.2 Å². The monoisotopic (exact) mass is 442 g/mol. The van der Waals surface area contributed by atoms with E-state index in [1.165, 1.54) is 36.8 Å². The van der Waals surface area contributed by atoms with Gasteiger partial charge in [0.05, 0.1) is 18.8 Å². The van der Waals surface area contributed by atoms with E-state index in [4.69, 9.17) is 4.74 Å². The summed E-state index contributed by atoms with van der Waals surface area (Å²) in [7, 11) is 0. The summed E-state index contributed by atoms with van der Waals surface area (Å²) in [6.45, 7) is 5.37. The molecule has 0 saturated heterocycles. The number of allylic oxidation sites excluding steroid dienone is 3. The molecule has 1 aromatic rings. The average molecular weight is 443 g/mol. The second kappa shape index (κ2) is 12.6. The van der Waals surface area contributed by atoms with Gasteiger partial charge in [-0.25, -0.2) is 0 Å². The highest BCUT2D eigenvalue weighted by Gasteiger charge is 2.27. The van der Waals surface area contributed by atoms with Gasteiger partial charge in [0.1, 0.15) is 5.75 Å². The third kappa shape index (κ3) is 6.94. The van der Waals surface area contributed by atoms with Gasteiger partial charge in [0.15, 0.2) is 0 Å². The summed E-state index contributed by atoms with van der Waals surface area (Å²) in [5.74, 6) is 1.82. The molecule has 0 heterocycles. The molecule has 0 radical (unpaired) electrons. The van der Waals surface area contributed by atoms with E-state index in [1.807, 2.05) is 0 Å². The van der Waals surface area contributed by atoms with Crippen LogP contribution in [-0.4, -0.2) is 40.7 Å². The second-order valence-corrected chi connectivity index (χ2v) is 9.70. The van der Waals surface area contributed by atoms with Crippen LogP contribution in [0.15, 0.2) is 41.5 Å². The lowest BCUT2D eigenvalue weighted by Gasteiger charge is -2.32. The predicted octanol–water partition coefficient (Wildman–Crippen LogP) is 5.45. The van der Waals surface area contributed by atoms with Crippen LogP contribution in [0.3, 0.4) is 0 Å². The standard InChI is InChI=1S/C28H42O4/c1-3-4-5-15-32-28-12-11-23(18-24(28)13-14-29)27-8-6-7-22(20(27)2)10-9-21-16-25(30)19-26(31)17-21/h9-12,18,20,25-27,29-31H,3-8,13-17,19H2,1-2H3/b22-10+/t20-,25+,26+,27-/m0/s1. The Morgan fingerprint density at radius 2 is 1.88 bits per heavy atom. The third-order valence-corrected chi connectivity index (χ3v) is 7.14. The smallest absolute Gasteiger partial charge is 0.122 e. The molecule has 4 nitrogen and oxygen atoms in total. The van der Waals surface area contributed by atoms with Crippen molar-refractivity contribution in [1.29, 1.82) is 0 Å². The molecule has 0 unspecified atom stereocenters. The summed E-state index contributed by atoms with van der Waals surface area (Å²) >= 11 is 0. The maximum Gasteiger partial charge on any atom is 0.122 e. The summed E-state index contributed by atoms with van der Waals surface area (Å²) < 4.78 is 6.03. The molecule has 2 saturated carbocycles. The topological polar surface area (TPSA) is 69.9 Å². The van der Waals surface area contributed by atoms with Crippen LogP contribution in [0.25, 0.3) is 0 Å². The van der Waals surface area contributed by atoms with Gasteiger partial charge in [-0.2, -0.15) is 0 Å². The van der Waals surface area contributed by atoms with Crippen molar-refractivity contribution in [3.8, 4) is 5.75 Å². The zero-order valence-electron chi connectivity index (χ0n) is 19.9. The molecule has 32 heavy (non-hydrogen) atoms. The molecule has 2 aliphatic rings. The van der Waals surface area contributed by atoms with Gasteiger partial charge >= 0.3 is 0 Å². The Morgan fingerprint density at radius 3 is 2.59 bits per heavy atom. The minimum absolute atomic E-state index is 0.130. The summed E-state index contributed by atoms with van der Waals surface area (Å²) in [6, 6.07) is 6.57. The van der Waals surface area contributed by atoms with Gasteiger partial charge < -0.3 is 20.1 Å². The molecular weight excluding hydrogens is 400 g/mol.